The average Bonchev–Trinajstić information content (AvgIpc) is 2.59. The topological polar surface area (TPSA) is 43.9 Å². The first-order chi connectivity index (χ1) is 8.60. The van der Waals surface area contributed by atoms with Crippen LogP contribution in [0.3, 0.4) is 0 Å². The summed E-state index contributed by atoms with van der Waals surface area (Å²) >= 11 is 2.08. The van der Waals surface area contributed by atoms with Crippen LogP contribution in [0.1, 0.15) is 26.7 Å². The molecule has 0 atom stereocenters. The fraction of sp³-hybridized carbons (Fsp3) is 0.833. The molecule has 5 nitrogen and oxygen atoms in total. The lowest BCUT2D eigenvalue weighted by molar-refractivity contribution is -0.134. The van der Waals surface area contributed by atoms with E-state index in [2.05, 4.69) is 34.4 Å². The molecule has 0 N–H and O–H groups in total. The fourth-order valence-corrected chi connectivity index (χ4v) is 3.65. The summed E-state index contributed by atoms with van der Waals surface area (Å²) in [6.45, 7) is 7.52. The van der Waals surface area contributed by atoms with Crippen molar-refractivity contribution in [2.45, 2.75) is 32.2 Å². The zero-order valence-corrected chi connectivity index (χ0v) is 13.1. The number of likely N-dealkylation sites (N-methyl/N-ethyl adjacent to an activating group) is 1. The molecule has 18 heavy (non-hydrogen) atoms. The van der Waals surface area contributed by atoms with E-state index in [9.17, 15) is 9.59 Å². The quantitative estimate of drug-likeness (QED) is 0.330. The van der Waals surface area contributed by atoms with Gasteiger partial charge in [0.2, 0.25) is 0 Å². The van der Waals surface area contributed by atoms with Crippen LogP contribution < -0.4 is 0 Å². The molecule has 0 radical (unpaired) electrons. The molecule has 1 spiro atoms. The standard InChI is InChI=1S/C12H20IN3O2/c1-3-14-7-5-12(6-8-14)10(17)15(9-13)11(18)16(12)4-2/h3-9H2,1-2H3. The molecule has 2 aliphatic heterocycles. The van der Waals surface area contributed by atoms with Crippen molar-refractivity contribution in [3.8, 4) is 0 Å². The van der Waals surface area contributed by atoms with Gasteiger partial charge in [0, 0.05) is 19.6 Å². The first-order valence-corrected chi connectivity index (χ1v) is 8.05. The third kappa shape index (κ3) is 1.93. The minimum Gasteiger partial charge on any atom is -0.310 e. The van der Waals surface area contributed by atoms with Gasteiger partial charge in [0.15, 0.2) is 0 Å². The molecule has 2 rings (SSSR count). The Bertz CT molecular complexity index is 353. The molecule has 0 bridgehead atoms. The van der Waals surface area contributed by atoms with Crippen molar-refractivity contribution in [3.05, 3.63) is 0 Å². The number of amides is 3. The van der Waals surface area contributed by atoms with Gasteiger partial charge in [0.25, 0.3) is 5.91 Å². The van der Waals surface area contributed by atoms with E-state index in [1.54, 1.807) is 4.90 Å². The van der Waals surface area contributed by atoms with Gasteiger partial charge < -0.3 is 9.80 Å². The second-order valence-corrected chi connectivity index (χ2v) is 5.53. The van der Waals surface area contributed by atoms with Gasteiger partial charge in [-0.3, -0.25) is 9.69 Å². The number of imide groups is 1. The Morgan fingerprint density at radius 3 is 2.22 bits per heavy atom. The second-order valence-electron chi connectivity index (χ2n) is 4.85. The van der Waals surface area contributed by atoms with Crippen molar-refractivity contribution >= 4 is 34.5 Å². The number of piperidine rings is 1. The molecular formula is C12H20IN3O2. The van der Waals surface area contributed by atoms with E-state index in [1.807, 2.05) is 6.92 Å². The predicted octanol–water partition coefficient (Wildman–Crippen LogP) is 1.52. The number of rotatable bonds is 3. The van der Waals surface area contributed by atoms with Crippen molar-refractivity contribution in [1.82, 2.24) is 14.7 Å². The number of urea groups is 1. The van der Waals surface area contributed by atoms with Crippen molar-refractivity contribution in [3.63, 3.8) is 0 Å². The zero-order valence-electron chi connectivity index (χ0n) is 11.0. The van der Waals surface area contributed by atoms with E-state index in [4.69, 9.17) is 0 Å². The zero-order chi connectivity index (χ0) is 13.3. The Hall–Kier alpha value is -0.370. The number of hydrogen-bond donors (Lipinski definition) is 0. The molecule has 3 amide bonds. The van der Waals surface area contributed by atoms with Crippen LogP contribution in [0.25, 0.3) is 0 Å². The maximum atomic E-state index is 12.5. The molecule has 2 saturated heterocycles. The summed E-state index contributed by atoms with van der Waals surface area (Å²) in [5.41, 5.74) is -0.553. The van der Waals surface area contributed by atoms with Crippen molar-refractivity contribution in [2.24, 2.45) is 0 Å². The Morgan fingerprint density at radius 1 is 1.17 bits per heavy atom. The van der Waals surface area contributed by atoms with E-state index in [0.29, 0.717) is 11.1 Å². The van der Waals surface area contributed by atoms with Gasteiger partial charge in [-0.2, -0.15) is 0 Å². The summed E-state index contributed by atoms with van der Waals surface area (Å²) in [4.78, 5) is 30.3. The minimum atomic E-state index is -0.553. The monoisotopic (exact) mass is 365 g/mol. The van der Waals surface area contributed by atoms with Gasteiger partial charge in [-0.1, -0.05) is 29.5 Å². The van der Waals surface area contributed by atoms with E-state index >= 15 is 0 Å². The highest BCUT2D eigenvalue weighted by Gasteiger charge is 2.56. The lowest BCUT2D eigenvalue weighted by atomic mass is 9.86. The molecule has 0 aromatic rings. The van der Waals surface area contributed by atoms with Crippen molar-refractivity contribution in [2.75, 3.05) is 30.7 Å². The first kappa shape index (κ1) is 14.0. The van der Waals surface area contributed by atoms with Gasteiger partial charge in [-0.05, 0) is 26.3 Å². The predicted molar refractivity (Wildman–Crippen MR) is 77.6 cm³/mol. The third-order valence-electron chi connectivity index (χ3n) is 4.19. The molecular weight excluding hydrogens is 345 g/mol. The second kappa shape index (κ2) is 5.32. The SMILES string of the molecule is CCN1CCC2(CC1)C(=O)N(CI)C(=O)N2CC. The molecule has 0 aliphatic carbocycles. The number of hydrogen-bond acceptors (Lipinski definition) is 3. The van der Waals surface area contributed by atoms with Gasteiger partial charge in [-0.25, -0.2) is 4.79 Å². The Morgan fingerprint density at radius 2 is 1.78 bits per heavy atom. The Kier molecular flexibility index (Phi) is 4.15. The molecule has 2 heterocycles. The summed E-state index contributed by atoms with van der Waals surface area (Å²) in [5, 5.41) is 0. The van der Waals surface area contributed by atoms with E-state index in [1.165, 1.54) is 4.90 Å². The van der Waals surface area contributed by atoms with Crippen LogP contribution in [0.2, 0.25) is 0 Å². The molecule has 0 unspecified atom stereocenters. The van der Waals surface area contributed by atoms with Crippen LogP contribution >= 0.6 is 22.6 Å². The van der Waals surface area contributed by atoms with Crippen LogP contribution in [-0.4, -0.2) is 62.9 Å². The number of alkyl halides is 1. The molecule has 102 valence electrons. The number of nitrogens with zero attached hydrogens (tertiary/aromatic N) is 3. The normalized spacial score (nSPS) is 24.4. The largest absolute Gasteiger partial charge is 0.328 e. The summed E-state index contributed by atoms with van der Waals surface area (Å²) in [6, 6.07) is -0.109. The summed E-state index contributed by atoms with van der Waals surface area (Å²) in [5.74, 6) is 0.0134. The maximum absolute atomic E-state index is 12.5. The van der Waals surface area contributed by atoms with Crippen LogP contribution in [-0.2, 0) is 4.79 Å². The summed E-state index contributed by atoms with van der Waals surface area (Å²) in [6.07, 6.45) is 1.54. The molecule has 2 aliphatic rings. The molecule has 2 fully saturated rings. The van der Waals surface area contributed by atoms with Crippen LogP contribution in [0.4, 0.5) is 4.79 Å². The molecule has 0 aromatic heterocycles. The lowest BCUT2D eigenvalue weighted by Crippen LogP contribution is -2.56. The van der Waals surface area contributed by atoms with Gasteiger partial charge in [-0.15, -0.1) is 0 Å². The highest BCUT2D eigenvalue weighted by atomic mass is 127. The van der Waals surface area contributed by atoms with E-state index in [-0.39, 0.29) is 11.9 Å². The Labute approximate surface area is 122 Å². The number of likely N-dealkylation sites (tertiary alicyclic amines) is 1. The third-order valence-corrected chi connectivity index (χ3v) is 4.87. The maximum Gasteiger partial charge on any atom is 0.328 e. The first-order valence-electron chi connectivity index (χ1n) is 6.52. The average molecular weight is 365 g/mol. The van der Waals surface area contributed by atoms with Crippen LogP contribution in [0.5, 0.6) is 0 Å². The van der Waals surface area contributed by atoms with Gasteiger partial charge >= 0.3 is 6.03 Å². The van der Waals surface area contributed by atoms with Crippen LogP contribution in [0.15, 0.2) is 0 Å². The summed E-state index contributed by atoms with van der Waals surface area (Å²) < 4.78 is 0.450. The lowest BCUT2D eigenvalue weighted by Gasteiger charge is -2.41. The Balaban J connectivity index is 2.25. The van der Waals surface area contributed by atoms with Gasteiger partial charge in [0.05, 0.1) is 4.55 Å². The van der Waals surface area contributed by atoms with Crippen molar-refractivity contribution < 1.29 is 9.59 Å². The number of carbonyl (C=O) groups excluding carboxylic acids is 2. The highest BCUT2D eigenvalue weighted by Crippen LogP contribution is 2.37. The smallest absolute Gasteiger partial charge is 0.310 e. The van der Waals surface area contributed by atoms with Crippen molar-refractivity contribution in [1.29, 1.82) is 0 Å². The number of halogens is 1. The van der Waals surface area contributed by atoms with E-state index < -0.39 is 5.54 Å². The van der Waals surface area contributed by atoms with Gasteiger partial charge in [0.1, 0.15) is 5.54 Å². The number of carbonyl (C=O) groups is 2. The molecule has 6 heteroatoms. The van der Waals surface area contributed by atoms with Crippen LogP contribution in [0, 0.1) is 0 Å². The highest BCUT2D eigenvalue weighted by molar-refractivity contribution is 14.1. The fourth-order valence-electron chi connectivity index (χ4n) is 3.05. The van der Waals surface area contributed by atoms with E-state index in [0.717, 1.165) is 32.5 Å². The molecule has 0 aromatic carbocycles. The molecule has 0 saturated carbocycles. The minimum absolute atomic E-state index is 0.0134. The summed E-state index contributed by atoms with van der Waals surface area (Å²) in [7, 11) is 0.